The van der Waals surface area contributed by atoms with Crippen LogP contribution in [0.15, 0.2) is 6.20 Å². The molecule has 0 aliphatic heterocycles. The van der Waals surface area contributed by atoms with Gasteiger partial charge < -0.3 is 9.88 Å². The maximum Gasteiger partial charge on any atom is 0.203 e. The SMILES string of the molecule is CSC(C)CCn1cc(C)nc1NC1CCCCC1. The molecule has 1 heterocycles. The molecule has 0 bridgehead atoms. The number of hydrogen-bond donors (Lipinski definition) is 1. The molecule has 0 radical (unpaired) electrons. The van der Waals surface area contributed by atoms with E-state index in [1.165, 1.54) is 38.5 Å². The molecule has 1 aromatic heterocycles. The molecule has 0 aromatic carbocycles. The van der Waals surface area contributed by atoms with Gasteiger partial charge in [0.1, 0.15) is 0 Å². The molecule has 108 valence electrons. The van der Waals surface area contributed by atoms with Crippen molar-refractivity contribution in [2.75, 3.05) is 11.6 Å². The summed E-state index contributed by atoms with van der Waals surface area (Å²) < 4.78 is 2.30. The van der Waals surface area contributed by atoms with Crippen LogP contribution in [0, 0.1) is 6.92 Å². The van der Waals surface area contributed by atoms with E-state index in [0.29, 0.717) is 11.3 Å². The largest absolute Gasteiger partial charge is 0.353 e. The van der Waals surface area contributed by atoms with Gasteiger partial charge >= 0.3 is 0 Å². The number of aromatic nitrogens is 2. The van der Waals surface area contributed by atoms with Crippen molar-refractivity contribution in [1.29, 1.82) is 0 Å². The van der Waals surface area contributed by atoms with Gasteiger partial charge in [-0.25, -0.2) is 4.98 Å². The number of nitrogens with one attached hydrogen (secondary N) is 1. The molecule has 1 aromatic rings. The van der Waals surface area contributed by atoms with Crippen molar-refractivity contribution < 1.29 is 0 Å². The monoisotopic (exact) mass is 281 g/mol. The fraction of sp³-hybridized carbons (Fsp3) is 0.800. The molecule has 3 nitrogen and oxygen atoms in total. The zero-order valence-corrected chi connectivity index (χ0v) is 13.3. The fourth-order valence-electron chi connectivity index (χ4n) is 2.70. The summed E-state index contributed by atoms with van der Waals surface area (Å²) in [7, 11) is 0. The molecule has 0 spiro atoms. The Morgan fingerprint density at radius 1 is 1.42 bits per heavy atom. The van der Waals surface area contributed by atoms with E-state index in [4.69, 9.17) is 0 Å². The zero-order chi connectivity index (χ0) is 13.7. The Bertz CT molecular complexity index is 383. The van der Waals surface area contributed by atoms with E-state index in [2.05, 4.69) is 41.2 Å². The maximum atomic E-state index is 4.65. The Balaban J connectivity index is 1.94. The first-order valence-corrected chi connectivity index (χ1v) is 8.81. The van der Waals surface area contributed by atoms with Gasteiger partial charge in [0.2, 0.25) is 5.95 Å². The predicted molar refractivity (Wildman–Crippen MR) is 85.1 cm³/mol. The fourth-order valence-corrected chi connectivity index (χ4v) is 3.04. The number of rotatable bonds is 6. The maximum absolute atomic E-state index is 4.65. The Labute approximate surface area is 121 Å². The van der Waals surface area contributed by atoms with Crippen LogP contribution in [0.1, 0.15) is 51.1 Å². The van der Waals surface area contributed by atoms with Crippen LogP contribution in [-0.4, -0.2) is 27.1 Å². The van der Waals surface area contributed by atoms with Crippen molar-refractivity contribution in [2.24, 2.45) is 0 Å². The van der Waals surface area contributed by atoms with Crippen LogP contribution in [0.25, 0.3) is 0 Å². The lowest BCUT2D eigenvalue weighted by Crippen LogP contribution is -2.24. The first-order valence-electron chi connectivity index (χ1n) is 7.52. The molecule has 1 saturated carbocycles. The van der Waals surface area contributed by atoms with E-state index < -0.39 is 0 Å². The van der Waals surface area contributed by atoms with E-state index in [9.17, 15) is 0 Å². The molecule has 0 amide bonds. The minimum atomic E-state index is 0.632. The van der Waals surface area contributed by atoms with E-state index >= 15 is 0 Å². The van der Waals surface area contributed by atoms with Gasteiger partial charge in [-0.2, -0.15) is 11.8 Å². The standard InChI is InChI=1S/C15H27N3S/c1-12-11-18(10-9-13(2)19-3)15(16-12)17-14-7-5-4-6-8-14/h11,13-14H,4-10H2,1-3H3,(H,16,17). The second kappa shape index (κ2) is 7.22. The third-order valence-corrected chi connectivity index (χ3v) is 5.05. The first-order chi connectivity index (χ1) is 9.19. The smallest absolute Gasteiger partial charge is 0.203 e. The Hall–Kier alpha value is -0.640. The van der Waals surface area contributed by atoms with Crippen molar-refractivity contribution in [2.45, 2.75) is 70.2 Å². The molecule has 1 atom stereocenters. The molecular formula is C15H27N3S. The number of hydrogen-bond acceptors (Lipinski definition) is 3. The van der Waals surface area contributed by atoms with Crippen molar-refractivity contribution >= 4 is 17.7 Å². The highest BCUT2D eigenvalue weighted by molar-refractivity contribution is 7.99. The second-order valence-electron chi connectivity index (χ2n) is 5.71. The lowest BCUT2D eigenvalue weighted by molar-refractivity contribution is 0.458. The lowest BCUT2D eigenvalue weighted by atomic mass is 9.96. The van der Waals surface area contributed by atoms with Crippen molar-refractivity contribution in [3.63, 3.8) is 0 Å². The van der Waals surface area contributed by atoms with Crippen LogP contribution in [0.2, 0.25) is 0 Å². The first kappa shape index (κ1) is 14.8. The second-order valence-corrected chi connectivity index (χ2v) is 6.99. The highest BCUT2D eigenvalue weighted by atomic mass is 32.2. The molecule has 1 unspecified atom stereocenters. The normalized spacial score (nSPS) is 18.5. The summed E-state index contributed by atoms with van der Waals surface area (Å²) in [6.07, 6.45) is 12.3. The molecule has 19 heavy (non-hydrogen) atoms. The third-order valence-electron chi connectivity index (χ3n) is 4.01. The van der Waals surface area contributed by atoms with Crippen LogP contribution in [0.5, 0.6) is 0 Å². The summed E-state index contributed by atoms with van der Waals surface area (Å²) >= 11 is 1.94. The Morgan fingerprint density at radius 2 is 2.16 bits per heavy atom. The van der Waals surface area contributed by atoms with Crippen molar-refractivity contribution in [1.82, 2.24) is 9.55 Å². The Kier molecular flexibility index (Phi) is 5.61. The molecule has 1 aliphatic rings. The topological polar surface area (TPSA) is 29.9 Å². The molecule has 2 rings (SSSR count). The van der Waals surface area contributed by atoms with Crippen LogP contribution < -0.4 is 5.32 Å². The van der Waals surface area contributed by atoms with Gasteiger partial charge in [-0.15, -0.1) is 0 Å². The van der Waals surface area contributed by atoms with Gasteiger partial charge in [0.15, 0.2) is 0 Å². The predicted octanol–water partition coefficient (Wildman–Crippen LogP) is 4.08. The van der Waals surface area contributed by atoms with Crippen LogP contribution in [-0.2, 0) is 6.54 Å². The number of anilines is 1. The van der Waals surface area contributed by atoms with Gasteiger partial charge in [0.25, 0.3) is 0 Å². The van der Waals surface area contributed by atoms with Crippen molar-refractivity contribution in [3.8, 4) is 0 Å². The summed E-state index contributed by atoms with van der Waals surface area (Å²) in [5.41, 5.74) is 1.12. The van der Waals surface area contributed by atoms with Gasteiger partial charge in [0.05, 0.1) is 5.69 Å². The van der Waals surface area contributed by atoms with E-state index in [1.54, 1.807) is 0 Å². The molecule has 1 N–H and O–H groups in total. The molecular weight excluding hydrogens is 254 g/mol. The van der Waals surface area contributed by atoms with Gasteiger partial charge in [-0.05, 0) is 32.4 Å². The molecule has 1 aliphatic carbocycles. The minimum Gasteiger partial charge on any atom is -0.353 e. The molecule has 4 heteroatoms. The number of thioether (sulfide) groups is 1. The number of aryl methyl sites for hydroxylation is 2. The lowest BCUT2D eigenvalue weighted by Gasteiger charge is -2.23. The summed E-state index contributed by atoms with van der Waals surface area (Å²) in [5, 5.41) is 4.37. The number of nitrogens with zero attached hydrogens (tertiary/aromatic N) is 2. The van der Waals surface area contributed by atoms with Crippen LogP contribution in [0.4, 0.5) is 5.95 Å². The minimum absolute atomic E-state index is 0.632. The van der Waals surface area contributed by atoms with Gasteiger partial charge in [-0.1, -0.05) is 26.2 Å². The average Bonchev–Trinajstić information content (AvgIpc) is 2.77. The quantitative estimate of drug-likeness (QED) is 0.852. The van der Waals surface area contributed by atoms with Gasteiger partial charge in [-0.3, -0.25) is 0 Å². The van der Waals surface area contributed by atoms with E-state index in [1.807, 2.05) is 11.8 Å². The highest BCUT2D eigenvalue weighted by Crippen LogP contribution is 2.22. The summed E-state index contributed by atoms with van der Waals surface area (Å²) in [6, 6.07) is 0.632. The summed E-state index contributed by atoms with van der Waals surface area (Å²) in [4.78, 5) is 4.65. The number of imidazole rings is 1. The Morgan fingerprint density at radius 3 is 2.84 bits per heavy atom. The van der Waals surface area contributed by atoms with E-state index in [0.717, 1.165) is 18.2 Å². The van der Waals surface area contributed by atoms with Crippen LogP contribution in [0.3, 0.4) is 0 Å². The third kappa shape index (κ3) is 4.44. The van der Waals surface area contributed by atoms with Crippen molar-refractivity contribution in [3.05, 3.63) is 11.9 Å². The molecule has 1 fully saturated rings. The highest BCUT2D eigenvalue weighted by Gasteiger charge is 2.16. The van der Waals surface area contributed by atoms with Gasteiger partial charge in [0, 0.05) is 24.0 Å². The average molecular weight is 281 g/mol. The zero-order valence-electron chi connectivity index (χ0n) is 12.5. The van der Waals surface area contributed by atoms with E-state index in [-0.39, 0.29) is 0 Å². The summed E-state index contributed by atoms with van der Waals surface area (Å²) in [6.45, 7) is 5.45. The summed E-state index contributed by atoms with van der Waals surface area (Å²) in [5.74, 6) is 1.08. The molecule has 0 saturated heterocycles. The van der Waals surface area contributed by atoms with Crippen LogP contribution >= 0.6 is 11.8 Å².